The fraction of sp³-hybridized carbons (Fsp3) is 0.381. The first-order chi connectivity index (χ1) is 14.9. The summed E-state index contributed by atoms with van der Waals surface area (Å²) in [7, 11) is -1.95. The predicted molar refractivity (Wildman–Crippen MR) is 115 cm³/mol. The SMILES string of the molecule is CCC(O)(CCc1ccc(Oc2nc3ccc(S(C)(=O)=O)cc3s2)c(OC)c1)C(F)(F)F. The molecular weight excluding hydrogens is 467 g/mol. The van der Waals surface area contributed by atoms with Crippen molar-refractivity contribution in [3.63, 3.8) is 0 Å². The molecular formula is C21H22F3NO5S2. The van der Waals surface area contributed by atoms with Crippen LogP contribution >= 0.6 is 11.3 Å². The highest BCUT2D eigenvalue weighted by atomic mass is 32.2. The van der Waals surface area contributed by atoms with Crippen molar-refractivity contribution in [2.75, 3.05) is 13.4 Å². The van der Waals surface area contributed by atoms with Gasteiger partial charge in [0, 0.05) is 6.26 Å². The molecule has 174 valence electrons. The molecule has 11 heteroatoms. The number of hydrogen-bond donors (Lipinski definition) is 1. The quantitative estimate of drug-likeness (QED) is 0.472. The van der Waals surface area contributed by atoms with E-state index in [9.17, 15) is 26.7 Å². The zero-order valence-corrected chi connectivity index (χ0v) is 19.2. The van der Waals surface area contributed by atoms with E-state index < -0.39 is 34.5 Å². The predicted octanol–water partition coefficient (Wildman–Crippen LogP) is 5.14. The number of hydrogen-bond acceptors (Lipinski definition) is 7. The van der Waals surface area contributed by atoms with Crippen LogP contribution in [-0.4, -0.2) is 43.7 Å². The maximum Gasteiger partial charge on any atom is 0.417 e. The summed E-state index contributed by atoms with van der Waals surface area (Å²) in [4.78, 5) is 4.50. The van der Waals surface area contributed by atoms with E-state index in [1.54, 1.807) is 24.3 Å². The van der Waals surface area contributed by atoms with E-state index in [0.717, 1.165) is 17.6 Å². The van der Waals surface area contributed by atoms with Gasteiger partial charge in [0.2, 0.25) is 0 Å². The second-order valence-corrected chi connectivity index (χ2v) is 10.4. The number of fused-ring (bicyclic) bond motifs is 1. The first-order valence-electron chi connectivity index (χ1n) is 9.61. The number of methoxy groups -OCH3 is 1. The van der Waals surface area contributed by atoms with Gasteiger partial charge < -0.3 is 14.6 Å². The Hall–Kier alpha value is -2.37. The van der Waals surface area contributed by atoms with E-state index in [-0.39, 0.29) is 16.5 Å². The van der Waals surface area contributed by atoms with E-state index in [4.69, 9.17) is 9.47 Å². The number of ether oxygens (including phenoxy) is 2. The van der Waals surface area contributed by atoms with Crippen LogP contribution in [-0.2, 0) is 16.3 Å². The van der Waals surface area contributed by atoms with Crippen LogP contribution in [0.5, 0.6) is 16.7 Å². The van der Waals surface area contributed by atoms with Crippen molar-refractivity contribution < 1.29 is 36.2 Å². The average Bonchev–Trinajstić information content (AvgIpc) is 3.12. The molecule has 0 saturated heterocycles. The zero-order valence-electron chi connectivity index (χ0n) is 17.6. The highest BCUT2D eigenvalue weighted by molar-refractivity contribution is 7.90. The highest BCUT2D eigenvalue weighted by Crippen LogP contribution is 2.39. The minimum Gasteiger partial charge on any atom is -0.493 e. The topological polar surface area (TPSA) is 85.7 Å². The molecule has 0 bridgehead atoms. The molecule has 0 fully saturated rings. The molecule has 32 heavy (non-hydrogen) atoms. The lowest BCUT2D eigenvalue weighted by atomic mass is 9.91. The summed E-state index contributed by atoms with van der Waals surface area (Å²) in [5.74, 6) is 0.603. The number of nitrogens with zero attached hydrogens (tertiary/aromatic N) is 1. The Morgan fingerprint density at radius 3 is 2.44 bits per heavy atom. The first kappa shape index (κ1) is 24.3. The van der Waals surface area contributed by atoms with Crippen molar-refractivity contribution in [2.24, 2.45) is 0 Å². The number of thiazole rings is 1. The van der Waals surface area contributed by atoms with Crippen molar-refractivity contribution in [3.05, 3.63) is 42.0 Å². The van der Waals surface area contributed by atoms with Gasteiger partial charge in [0.15, 0.2) is 26.9 Å². The summed E-state index contributed by atoms with van der Waals surface area (Å²) >= 11 is 1.15. The van der Waals surface area contributed by atoms with Crippen LogP contribution < -0.4 is 9.47 Å². The number of aryl methyl sites for hydroxylation is 1. The number of sulfone groups is 1. The van der Waals surface area contributed by atoms with Gasteiger partial charge in [-0.15, -0.1) is 0 Å². The third-order valence-corrected chi connectivity index (χ3v) is 7.14. The van der Waals surface area contributed by atoms with E-state index in [0.29, 0.717) is 27.3 Å². The van der Waals surface area contributed by atoms with E-state index in [2.05, 4.69) is 4.98 Å². The number of alkyl halides is 3. The van der Waals surface area contributed by atoms with E-state index >= 15 is 0 Å². The van der Waals surface area contributed by atoms with Gasteiger partial charge in [0.25, 0.3) is 5.19 Å². The summed E-state index contributed by atoms with van der Waals surface area (Å²) in [6.45, 7) is 1.29. The second-order valence-electron chi connectivity index (χ2n) is 7.35. The second kappa shape index (κ2) is 8.87. The Balaban J connectivity index is 1.81. The third kappa shape index (κ3) is 5.16. The molecule has 1 atom stereocenters. The van der Waals surface area contributed by atoms with Crippen molar-refractivity contribution in [1.82, 2.24) is 4.98 Å². The molecule has 6 nitrogen and oxygen atoms in total. The molecule has 1 unspecified atom stereocenters. The van der Waals surface area contributed by atoms with Crippen LogP contribution in [0.2, 0.25) is 0 Å². The lowest BCUT2D eigenvalue weighted by Crippen LogP contribution is -2.44. The molecule has 0 radical (unpaired) electrons. The summed E-state index contributed by atoms with van der Waals surface area (Å²) in [6, 6.07) is 9.28. The monoisotopic (exact) mass is 489 g/mol. The largest absolute Gasteiger partial charge is 0.493 e. The van der Waals surface area contributed by atoms with Gasteiger partial charge in [-0.1, -0.05) is 24.3 Å². The van der Waals surface area contributed by atoms with Gasteiger partial charge in [-0.3, -0.25) is 0 Å². The van der Waals surface area contributed by atoms with Gasteiger partial charge in [0.05, 0.1) is 22.2 Å². The minimum absolute atomic E-state index is 0.00407. The molecule has 1 aromatic heterocycles. The number of halogens is 3. The van der Waals surface area contributed by atoms with Crippen molar-refractivity contribution >= 4 is 31.4 Å². The summed E-state index contributed by atoms with van der Waals surface area (Å²) in [5.41, 5.74) is -1.63. The minimum atomic E-state index is -4.71. The number of aromatic nitrogens is 1. The van der Waals surface area contributed by atoms with Gasteiger partial charge >= 0.3 is 6.18 Å². The normalized spacial score (nSPS) is 14.3. The lowest BCUT2D eigenvalue weighted by molar-refractivity contribution is -0.263. The standard InChI is InChI=1S/C21H22F3NO5S2/c1-4-20(26,21(22,23)24)10-9-13-5-8-16(17(11-13)29-2)30-19-25-15-7-6-14(32(3,27)28)12-18(15)31-19/h5-8,11-12,26H,4,9-10H2,1-3H3. The molecule has 0 spiro atoms. The van der Waals surface area contributed by atoms with Crippen LogP contribution in [0.4, 0.5) is 13.2 Å². The van der Waals surface area contributed by atoms with Gasteiger partial charge in [-0.05, 0) is 55.2 Å². The van der Waals surface area contributed by atoms with Crippen LogP contribution in [0, 0.1) is 0 Å². The van der Waals surface area contributed by atoms with Crippen LogP contribution in [0.15, 0.2) is 41.3 Å². The molecule has 0 aliphatic carbocycles. The molecule has 1 heterocycles. The van der Waals surface area contributed by atoms with Gasteiger partial charge in [-0.2, -0.15) is 13.2 Å². The summed E-state index contributed by atoms with van der Waals surface area (Å²) in [5, 5.41) is 10.2. The van der Waals surface area contributed by atoms with Gasteiger partial charge in [0.1, 0.15) is 0 Å². The average molecular weight is 490 g/mol. The van der Waals surface area contributed by atoms with E-state index in [1.165, 1.54) is 26.2 Å². The van der Waals surface area contributed by atoms with E-state index in [1.807, 2.05) is 0 Å². The lowest BCUT2D eigenvalue weighted by Gasteiger charge is -2.29. The first-order valence-corrected chi connectivity index (χ1v) is 12.3. The van der Waals surface area contributed by atoms with Gasteiger partial charge in [-0.25, -0.2) is 13.4 Å². The molecule has 0 amide bonds. The zero-order chi connectivity index (χ0) is 23.7. The fourth-order valence-corrected chi connectivity index (χ4v) is 4.66. The molecule has 3 rings (SSSR count). The molecule has 0 aliphatic heterocycles. The van der Waals surface area contributed by atoms with Crippen molar-refractivity contribution in [1.29, 1.82) is 0 Å². The maximum absolute atomic E-state index is 13.1. The Morgan fingerprint density at radius 1 is 1.12 bits per heavy atom. The number of aliphatic hydroxyl groups is 1. The Morgan fingerprint density at radius 2 is 1.84 bits per heavy atom. The Bertz CT molecular complexity index is 1220. The highest BCUT2D eigenvalue weighted by Gasteiger charge is 2.51. The smallest absolute Gasteiger partial charge is 0.417 e. The maximum atomic E-state index is 13.1. The summed E-state index contributed by atoms with van der Waals surface area (Å²) < 4.78 is 74.5. The van der Waals surface area contributed by atoms with Crippen LogP contribution in [0.25, 0.3) is 10.2 Å². The molecule has 1 N–H and O–H groups in total. The molecule has 3 aromatic rings. The molecule has 0 aliphatic rings. The number of rotatable bonds is 8. The Labute approximate surface area is 187 Å². The molecule has 2 aromatic carbocycles. The van der Waals surface area contributed by atoms with Crippen molar-refractivity contribution in [3.8, 4) is 16.7 Å². The van der Waals surface area contributed by atoms with Crippen LogP contribution in [0.3, 0.4) is 0 Å². The Kier molecular flexibility index (Phi) is 6.73. The summed E-state index contributed by atoms with van der Waals surface area (Å²) in [6.07, 6.45) is -4.51. The van der Waals surface area contributed by atoms with Crippen LogP contribution in [0.1, 0.15) is 25.3 Å². The third-order valence-electron chi connectivity index (χ3n) is 5.13. The number of benzene rings is 2. The molecule has 0 saturated carbocycles. The van der Waals surface area contributed by atoms with Crippen molar-refractivity contribution in [2.45, 2.75) is 42.9 Å². The fourth-order valence-electron chi connectivity index (χ4n) is 3.07.